The van der Waals surface area contributed by atoms with E-state index in [2.05, 4.69) is 10.6 Å². The summed E-state index contributed by atoms with van der Waals surface area (Å²) in [6.45, 7) is 5.80. The lowest BCUT2D eigenvalue weighted by molar-refractivity contribution is -0.139. The van der Waals surface area contributed by atoms with E-state index < -0.39 is 5.97 Å². The fourth-order valence-electron chi connectivity index (χ4n) is 2.47. The first-order chi connectivity index (χ1) is 10.0. The van der Waals surface area contributed by atoms with Crippen LogP contribution in [0.5, 0.6) is 0 Å². The van der Waals surface area contributed by atoms with Gasteiger partial charge in [0.15, 0.2) is 0 Å². The standard InChI is InChI=1S/C16H20N2O3/c1-4-21-15(19)13-11(3)17-16(20)18-14(13)10(2)12-8-6-5-7-9-12/h5-11H,4H2,1-3H3,(H2,17,18,20)/t10-,11-/m0/s1. The topological polar surface area (TPSA) is 67.4 Å². The first-order valence-corrected chi connectivity index (χ1v) is 7.08. The smallest absolute Gasteiger partial charge is 0.337 e. The maximum atomic E-state index is 12.2. The summed E-state index contributed by atoms with van der Waals surface area (Å²) >= 11 is 0. The van der Waals surface area contributed by atoms with Crippen LogP contribution in [0, 0.1) is 0 Å². The van der Waals surface area contributed by atoms with Crippen LogP contribution in [0.2, 0.25) is 0 Å². The number of benzene rings is 1. The number of ether oxygens (including phenoxy) is 1. The molecule has 0 radical (unpaired) electrons. The Morgan fingerprint density at radius 3 is 2.62 bits per heavy atom. The van der Waals surface area contributed by atoms with E-state index >= 15 is 0 Å². The summed E-state index contributed by atoms with van der Waals surface area (Å²) in [6.07, 6.45) is 0. The minimum absolute atomic E-state index is 0.0980. The van der Waals surface area contributed by atoms with Crippen LogP contribution in [0.3, 0.4) is 0 Å². The van der Waals surface area contributed by atoms with Gasteiger partial charge in [-0.05, 0) is 19.4 Å². The molecule has 1 aromatic rings. The summed E-state index contributed by atoms with van der Waals surface area (Å²) in [5.74, 6) is -0.491. The molecule has 0 saturated carbocycles. The van der Waals surface area contributed by atoms with E-state index in [1.165, 1.54) is 0 Å². The lowest BCUT2D eigenvalue weighted by Crippen LogP contribution is -2.50. The van der Waals surface area contributed by atoms with Gasteiger partial charge in [0.25, 0.3) is 0 Å². The highest BCUT2D eigenvalue weighted by Crippen LogP contribution is 2.28. The predicted octanol–water partition coefficient (Wildman–Crippen LogP) is 2.31. The number of nitrogens with one attached hydrogen (secondary N) is 2. The molecule has 1 aliphatic rings. The number of urea groups is 1. The molecule has 5 nitrogen and oxygen atoms in total. The van der Waals surface area contributed by atoms with Gasteiger partial charge in [0, 0.05) is 11.6 Å². The Kier molecular flexibility index (Phi) is 4.62. The van der Waals surface area contributed by atoms with Gasteiger partial charge in [-0.1, -0.05) is 37.3 Å². The van der Waals surface area contributed by atoms with Gasteiger partial charge in [-0.15, -0.1) is 0 Å². The second kappa shape index (κ2) is 6.43. The van der Waals surface area contributed by atoms with Crippen LogP contribution in [0.1, 0.15) is 32.3 Å². The van der Waals surface area contributed by atoms with Crippen LogP contribution < -0.4 is 10.6 Å². The molecule has 2 atom stereocenters. The van der Waals surface area contributed by atoms with Crippen LogP contribution in [0.25, 0.3) is 0 Å². The van der Waals surface area contributed by atoms with E-state index in [1.54, 1.807) is 13.8 Å². The zero-order chi connectivity index (χ0) is 15.4. The van der Waals surface area contributed by atoms with E-state index in [0.717, 1.165) is 5.56 Å². The molecule has 5 heteroatoms. The molecule has 0 saturated heterocycles. The molecule has 1 heterocycles. The molecule has 2 amide bonds. The highest BCUT2D eigenvalue weighted by molar-refractivity contribution is 5.95. The second-order valence-electron chi connectivity index (χ2n) is 5.00. The van der Waals surface area contributed by atoms with Gasteiger partial charge >= 0.3 is 12.0 Å². The van der Waals surface area contributed by atoms with Crippen molar-refractivity contribution in [1.29, 1.82) is 0 Å². The average Bonchev–Trinajstić information content (AvgIpc) is 2.46. The largest absolute Gasteiger partial charge is 0.463 e. The quantitative estimate of drug-likeness (QED) is 0.835. The predicted molar refractivity (Wildman–Crippen MR) is 79.6 cm³/mol. The third-order valence-corrected chi connectivity index (χ3v) is 3.55. The number of hydrogen-bond donors (Lipinski definition) is 2. The number of esters is 1. The highest BCUT2D eigenvalue weighted by Gasteiger charge is 2.32. The molecule has 0 bridgehead atoms. The molecule has 21 heavy (non-hydrogen) atoms. The fraction of sp³-hybridized carbons (Fsp3) is 0.375. The number of rotatable bonds is 4. The van der Waals surface area contributed by atoms with Crippen molar-refractivity contribution in [3.63, 3.8) is 0 Å². The molecule has 2 rings (SSSR count). The van der Waals surface area contributed by atoms with Crippen LogP contribution in [-0.2, 0) is 9.53 Å². The Bertz CT molecular complexity index is 566. The minimum Gasteiger partial charge on any atom is -0.463 e. The van der Waals surface area contributed by atoms with E-state index in [4.69, 9.17) is 4.74 Å². The van der Waals surface area contributed by atoms with Gasteiger partial charge in [-0.2, -0.15) is 0 Å². The van der Waals surface area contributed by atoms with Crippen molar-refractivity contribution in [3.05, 3.63) is 47.2 Å². The van der Waals surface area contributed by atoms with Crippen LogP contribution in [-0.4, -0.2) is 24.6 Å². The van der Waals surface area contributed by atoms with Crippen LogP contribution >= 0.6 is 0 Å². The molecule has 0 aliphatic carbocycles. The molecular formula is C16H20N2O3. The van der Waals surface area contributed by atoms with E-state index in [0.29, 0.717) is 17.9 Å². The number of hydrogen-bond acceptors (Lipinski definition) is 3. The summed E-state index contributed by atoms with van der Waals surface area (Å²) in [6, 6.07) is 9.07. The number of carbonyl (C=O) groups is 2. The fourth-order valence-corrected chi connectivity index (χ4v) is 2.47. The Morgan fingerprint density at radius 2 is 2.00 bits per heavy atom. The number of amides is 2. The van der Waals surface area contributed by atoms with Gasteiger partial charge in [-0.25, -0.2) is 9.59 Å². The molecule has 0 aromatic heterocycles. The third-order valence-electron chi connectivity index (χ3n) is 3.55. The first-order valence-electron chi connectivity index (χ1n) is 7.08. The minimum atomic E-state index is -0.393. The monoisotopic (exact) mass is 288 g/mol. The Morgan fingerprint density at radius 1 is 1.33 bits per heavy atom. The normalized spacial score (nSPS) is 19.6. The van der Waals surface area contributed by atoms with Crippen molar-refractivity contribution in [2.24, 2.45) is 0 Å². The van der Waals surface area contributed by atoms with Gasteiger partial charge in [-0.3, -0.25) is 0 Å². The molecular weight excluding hydrogens is 268 g/mol. The molecule has 1 aromatic carbocycles. The molecule has 112 valence electrons. The van der Waals surface area contributed by atoms with E-state index in [-0.39, 0.29) is 18.0 Å². The van der Waals surface area contributed by atoms with Crippen molar-refractivity contribution in [3.8, 4) is 0 Å². The second-order valence-corrected chi connectivity index (χ2v) is 5.00. The van der Waals surface area contributed by atoms with Gasteiger partial charge in [0.05, 0.1) is 18.2 Å². The van der Waals surface area contributed by atoms with Crippen LogP contribution in [0.15, 0.2) is 41.6 Å². The summed E-state index contributed by atoms with van der Waals surface area (Å²) in [4.78, 5) is 23.9. The maximum absolute atomic E-state index is 12.2. The summed E-state index contributed by atoms with van der Waals surface area (Å²) in [7, 11) is 0. The van der Waals surface area contributed by atoms with Gasteiger partial charge < -0.3 is 15.4 Å². The molecule has 1 aliphatic heterocycles. The third kappa shape index (κ3) is 3.24. The molecule has 2 N–H and O–H groups in total. The zero-order valence-electron chi connectivity index (χ0n) is 12.5. The Hall–Kier alpha value is -2.30. The summed E-state index contributed by atoms with van der Waals surface area (Å²) in [5.41, 5.74) is 2.12. The molecule has 0 fully saturated rings. The van der Waals surface area contributed by atoms with E-state index in [1.807, 2.05) is 37.3 Å². The zero-order valence-corrected chi connectivity index (χ0v) is 12.5. The first kappa shape index (κ1) is 15.1. The van der Waals surface area contributed by atoms with Crippen molar-refractivity contribution in [2.75, 3.05) is 6.61 Å². The summed E-state index contributed by atoms with van der Waals surface area (Å²) < 4.78 is 5.12. The van der Waals surface area contributed by atoms with E-state index in [9.17, 15) is 9.59 Å². The lowest BCUT2D eigenvalue weighted by atomic mass is 9.91. The molecule has 0 spiro atoms. The summed E-state index contributed by atoms with van der Waals surface area (Å²) in [5, 5.41) is 5.46. The van der Waals surface area contributed by atoms with Crippen molar-refractivity contribution < 1.29 is 14.3 Å². The average molecular weight is 288 g/mol. The van der Waals surface area contributed by atoms with Crippen molar-refractivity contribution in [2.45, 2.75) is 32.7 Å². The Labute approximate surface area is 124 Å². The highest BCUT2D eigenvalue weighted by atomic mass is 16.5. The van der Waals surface area contributed by atoms with Gasteiger partial charge in [0.1, 0.15) is 0 Å². The van der Waals surface area contributed by atoms with Gasteiger partial charge in [0.2, 0.25) is 0 Å². The molecule has 0 unspecified atom stereocenters. The number of carbonyl (C=O) groups excluding carboxylic acids is 2. The Balaban J connectivity index is 2.44. The lowest BCUT2D eigenvalue weighted by Gasteiger charge is -2.29. The van der Waals surface area contributed by atoms with Crippen molar-refractivity contribution >= 4 is 12.0 Å². The van der Waals surface area contributed by atoms with Crippen LogP contribution in [0.4, 0.5) is 4.79 Å². The maximum Gasteiger partial charge on any atom is 0.337 e. The number of allylic oxidation sites excluding steroid dienone is 1. The van der Waals surface area contributed by atoms with Crippen molar-refractivity contribution in [1.82, 2.24) is 10.6 Å². The SMILES string of the molecule is CCOC(=O)C1=C([C@@H](C)c2ccccc2)NC(=O)N[C@H]1C.